The van der Waals surface area contributed by atoms with Crippen molar-refractivity contribution >= 4 is 17.5 Å². The number of anilines is 1. The topological polar surface area (TPSA) is 87.5 Å². The van der Waals surface area contributed by atoms with Crippen molar-refractivity contribution in [2.24, 2.45) is 11.7 Å². The van der Waals surface area contributed by atoms with Crippen molar-refractivity contribution in [3.63, 3.8) is 0 Å². The molecule has 1 aromatic rings. The number of nitrogens with zero attached hydrogens (tertiary/aromatic N) is 1. The van der Waals surface area contributed by atoms with E-state index in [9.17, 15) is 9.59 Å². The Balaban J connectivity index is 1.79. The molecule has 6 nitrogen and oxygen atoms in total. The summed E-state index contributed by atoms with van der Waals surface area (Å²) >= 11 is 0. The van der Waals surface area contributed by atoms with Gasteiger partial charge in [-0.2, -0.15) is 0 Å². The number of benzene rings is 1. The van der Waals surface area contributed by atoms with Gasteiger partial charge < -0.3 is 16.4 Å². The largest absolute Gasteiger partial charge is 0.355 e. The first-order chi connectivity index (χ1) is 10.7. The Bertz CT molecular complexity index is 492. The summed E-state index contributed by atoms with van der Waals surface area (Å²) in [6, 6.07) is 9.39. The van der Waals surface area contributed by atoms with Gasteiger partial charge >= 0.3 is 0 Å². The Kier molecular flexibility index (Phi) is 6.36. The van der Waals surface area contributed by atoms with Crippen LogP contribution in [0.15, 0.2) is 30.3 Å². The van der Waals surface area contributed by atoms with E-state index in [0.29, 0.717) is 26.2 Å². The summed E-state index contributed by atoms with van der Waals surface area (Å²) in [5.41, 5.74) is 6.19. The minimum absolute atomic E-state index is 0.0404. The molecule has 1 atom stereocenters. The zero-order chi connectivity index (χ0) is 15.8. The molecule has 0 spiro atoms. The van der Waals surface area contributed by atoms with Gasteiger partial charge in [0.2, 0.25) is 11.8 Å². The number of piperidine rings is 1. The van der Waals surface area contributed by atoms with E-state index in [0.717, 1.165) is 25.1 Å². The normalized spacial score (nSPS) is 18.7. The van der Waals surface area contributed by atoms with E-state index in [1.54, 1.807) is 0 Å². The number of para-hydroxylation sites is 1. The molecule has 0 aromatic heterocycles. The summed E-state index contributed by atoms with van der Waals surface area (Å²) in [6.45, 7) is 2.74. The standard InChI is InChI=1S/C16H24N4O2/c17-8-9-18-16(22)13-5-4-10-20(11-13)12-15(21)19-14-6-2-1-3-7-14/h1-3,6-7,13H,4-5,8-12,17H2,(H,18,22)(H,19,21). The highest BCUT2D eigenvalue weighted by molar-refractivity contribution is 5.92. The summed E-state index contributed by atoms with van der Waals surface area (Å²) in [5.74, 6) is -0.0577. The zero-order valence-corrected chi connectivity index (χ0v) is 12.8. The van der Waals surface area contributed by atoms with Gasteiger partial charge in [0.25, 0.3) is 0 Å². The second kappa shape index (κ2) is 8.51. The fourth-order valence-corrected chi connectivity index (χ4v) is 2.68. The molecule has 0 aliphatic carbocycles. The zero-order valence-electron chi connectivity index (χ0n) is 12.8. The van der Waals surface area contributed by atoms with Crippen molar-refractivity contribution < 1.29 is 9.59 Å². The summed E-state index contributed by atoms with van der Waals surface area (Å²) < 4.78 is 0. The van der Waals surface area contributed by atoms with Gasteiger partial charge in [-0.15, -0.1) is 0 Å². The van der Waals surface area contributed by atoms with Crippen LogP contribution in [-0.2, 0) is 9.59 Å². The SMILES string of the molecule is NCCNC(=O)C1CCCN(CC(=O)Nc2ccccc2)C1. The number of rotatable bonds is 6. The van der Waals surface area contributed by atoms with Gasteiger partial charge in [0.05, 0.1) is 12.5 Å². The first-order valence-electron chi connectivity index (χ1n) is 7.74. The molecular formula is C16H24N4O2. The van der Waals surface area contributed by atoms with Crippen molar-refractivity contribution in [3.05, 3.63) is 30.3 Å². The van der Waals surface area contributed by atoms with E-state index in [4.69, 9.17) is 5.73 Å². The Labute approximate surface area is 131 Å². The maximum atomic E-state index is 12.1. The van der Waals surface area contributed by atoms with Crippen molar-refractivity contribution in [2.45, 2.75) is 12.8 Å². The van der Waals surface area contributed by atoms with Crippen LogP contribution in [0.1, 0.15) is 12.8 Å². The Morgan fingerprint density at radius 1 is 1.27 bits per heavy atom. The number of nitrogens with two attached hydrogens (primary N) is 1. The van der Waals surface area contributed by atoms with Gasteiger partial charge in [0.15, 0.2) is 0 Å². The van der Waals surface area contributed by atoms with Gasteiger partial charge in [-0.3, -0.25) is 14.5 Å². The lowest BCUT2D eigenvalue weighted by atomic mass is 9.97. The van der Waals surface area contributed by atoms with E-state index in [1.165, 1.54) is 0 Å². The molecule has 1 aliphatic rings. The highest BCUT2D eigenvalue weighted by Crippen LogP contribution is 2.16. The quantitative estimate of drug-likeness (QED) is 0.710. The maximum absolute atomic E-state index is 12.1. The number of carbonyl (C=O) groups is 2. The summed E-state index contributed by atoms with van der Waals surface area (Å²) in [6.07, 6.45) is 1.80. The number of hydrogen-bond donors (Lipinski definition) is 3. The predicted octanol–water partition coefficient (Wildman–Crippen LogP) is 0.412. The average molecular weight is 304 g/mol. The Hall–Kier alpha value is -1.92. The molecule has 6 heteroatoms. The van der Waals surface area contributed by atoms with Gasteiger partial charge in [0, 0.05) is 25.3 Å². The fraction of sp³-hybridized carbons (Fsp3) is 0.500. The molecule has 1 unspecified atom stereocenters. The second-order valence-corrected chi connectivity index (χ2v) is 5.57. The van der Waals surface area contributed by atoms with Crippen molar-refractivity contribution in [3.8, 4) is 0 Å². The summed E-state index contributed by atoms with van der Waals surface area (Å²) in [7, 11) is 0. The van der Waals surface area contributed by atoms with Gasteiger partial charge in [0.1, 0.15) is 0 Å². The van der Waals surface area contributed by atoms with Crippen LogP contribution in [0.4, 0.5) is 5.69 Å². The first-order valence-corrected chi connectivity index (χ1v) is 7.74. The van der Waals surface area contributed by atoms with Crippen molar-refractivity contribution in [1.82, 2.24) is 10.2 Å². The predicted molar refractivity (Wildman–Crippen MR) is 86.3 cm³/mol. The lowest BCUT2D eigenvalue weighted by Crippen LogP contribution is -2.46. The molecule has 120 valence electrons. The second-order valence-electron chi connectivity index (χ2n) is 5.57. The van der Waals surface area contributed by atoms with Crippen molar-refractivity contribution in [1.29, 1.82) is 0 Å². The van der Waals surface area contributed by atoms with Crippen LogP contribution in [0.2, 0.25) is 0 Å². The van der Waals surface area contributed by atoms with E-state index in [-0.39, 0.29) is 17.7 Å². The smallest absolute Gasteiger partial charge is 0.238 e. The van der Waals surface area contributed by atoms with Gasteiger partial charge in [-0.05, 0) is 31.5 Å². The van der Waals surface area contributed by atoms with Crippen molar-refractivity contribution in [2.75, 3.05) is 38.0 Å². The van der Waals surface area contributed by atoms with Crippen LogP contribution < -0.4 is 16.4 Å². The highest BCUT2D eigenvalue weighted by Gasteiger charge is 2.26. The highest BCUT2D eigenvalue weighted by atomic mass is 16.2. The molecule has 1 aromatic carbocycles. The third-order valence-electron chi connectivity index (χ3n) is 3.74. The van der Waals surface area contributed by atoms with Crippen LogP contribution in [-0.4, -0.2) is 49.4 Å². The van der Waals surface area contributed by atoms with Crippen LogP contribution >= 0.6 is 0 Å². The summed E-state index contributed by atoms with van der Waals surface area (Å²) in [5, 5.41) is 5.69. The Morgan fingerprint density at radius 3 is 2.77 bits per heavy atom. The Morgan fingerprint density at radius 2 is 2.05 bits per heavy atom. The number of hydrogen-bond acceptors (Lipinski definition) is 4. The molecule has 1 saturated heterocycles. The monoisotopic (exact) mass is 304 g/mol. The number of amides is 2. The molecule has 0 radical (unpaired) electrons. The van der Waals surface area contributed by atoms with Crippen LogP contribution in [0.5, 0.6) is 0 Å². The lowest BCUT2D eigenvalue weighted by molar-refractivity contribution is -0.127. The van der Waals surface area contributed by atoms with Gasteiger partial charge in [-0.25, -0.2) is 0 Å². The van der Waals surface area contributed by atoms with Gasteiger partial charge in [-0.1, -0.05) is 18.2 Å². The number of carbonyl (C=O) groups excluding carboxylic acids is 2. The maximum Gasteiger partial charge on any atom is 0.238 e. The third kappa shape index (κ3) is 5.13. The molecule has 1 aliphatic heterocycles. The first kappa shape index (κ1) is 16.5. The lowest BCUT2D eigenvalue weighted by Gasteiger charge is -2.31. The summed E-state index contributed by atoms with van der Waals surface area (Å²) in [4.78, 5) is 26.1. The molecule has 2 rings (SSSR count). The minimum atomic E-state index is -0.0511. The van der Waals surface area contributed by atoms with E-state index in [2.05, 4.69) is 10.6 Å². The van der Waals surface area contributed by atoms with E-state index >= 15 is 0 Å². The van der Waals surface area contributed by atoms with E-state index in [1.807, 2.05) is 35.2 Å². The van der Waals surface area contributed by atoms with Crippen LogP contribution in [0.25, 0.3) is 0 Å². The van der Waals surface area contributed by atoms with E-state index < -0.39 is 0 Å². The minimum Gasteiger partial charge on any atom is -0.355 e. The molecule has 22 heavy (non-hydrogen) atoms. The van der Waals surface area contributed by atoms with Crippen LogP contribution in [0, 0.1) is 5.92 Å². The average Bonchev–Trinajstić information content (AvgIpc) is 2.53. The molecule has 2 amide bonds. The number of likely N-dealkylation sites (tertiary alicyclic amines) is 1. The molecule has 1 fully saturated rings. The molecule has 0 saturated carbocycles. The fourth-order valence-electron chi connectivity index (χ4n) is 2.68. The molecule has 4 N–H and O–H groups in total. The number of nitrogens with one attached hydrogen (secondary N) is 2. The molecule has 1 heterocycles. The molecule has 0 bridgehead atoms. The molecular weight excluding hydrogens is 280 g/mol. The third-order valence-corrected chi connectivity index (χ3v) is 3.74. The van der Waals surface area contributed by atoms with Crippen LogP contribution in [0.3, 0.4) is 0 Å².